The highest BCUT2D eigenvalue weighted by molar-refractivity contribution is 5.82. The SMILES string of the molecule is CNC(c1cc2cccc(C(C)(C)C)c2o1)C(C)C. The highest BCUT2D eigenvalue weighted by atomic mass is 16.3. The largest absolute Gasteiger partial charge is 0.459 e. The van der Waals surface area contributed by atoms with Crippen LogP contribution in [0.2, 0.25) is 0 Å². The molecule has 0 bridgehead atoms. The van der Waals surface area contributed by atoms with E-state index in [-0.39, 0.29) is 11.5 Å². The summed E-state index contributed by atoms with van der Waals surface area (Å²) < 4.78 is 6.18. The maximum atomic E-state index is 6.18. The lowest BCUT2D eigenvalue weighted by molar-refractivity contribution is 0.369. The number of rotatable bonds is 3. The zero-order chi connectivity index (χ0) is 14.2. The zero-order valence-electron chi connectivity index (χ0n) is 12.9. The molecule has 0 aliphatic heterocycles. The first-order chi connectivity index (χ1) is 8.84. The van der Waals surface area contributed by atoms with Crippen LogP contribution in [0.15, 0.2) is 28.7 Å². The molecule has 0 fully saturated rings. The van der Waals surface area contributed by atoms with Gasteiger partial charge in [0.2, 0.25) is 0 Å². The van der Waals surface area contributed by atoms with Gasteiger partial charge in [-0.2, -0.15) is 0 Å². The average Bonchev–Trinajstić information content (AvgIpc) is 2.70. The summed E-state index contributed by atoms with van der Waals surface area (Å²) >= 11 is 0. The van der Waals surface area contributed by atoms with Crippen molar-refractivity contribution in [2.45, 2.75) is 46.1 Å². The number of benzene rings is 1. The van der Waals surface area contributed by atoms with E-state index in [1.165, 1.54) is 10.9 Å². The Balaban J connectivity index is 2.57. The Morgan fingerprint density at radius 1 is 1.16 bits per heavy atom. The fourth-order valence-electron chi connectivity index (χ4n) is 2.63. The highest BCUT2D eigenvalue weighted by Crippen LogP contribution is 2.34. The van der Waals surface area contributed by atoms with Crippen molar-refractivity contribution in [1.82, 2.24) is 5.32 Å². The molecular weight excluding hydrogens is 234 g/mol. The number of hydrogen-bond donors (Lipinski definition) is 1. The molecule has 2 rings (SSSR count). The van der Waals surface area contributed by atoms with E-state index in [0.717, 1.165) is 11.3 Å². The molecule has 0 aliphatic rings. The van der Waals surface area contributed by atoms with Crippen molar-refractivity contribution in [1.29, 1.82) is 0 Å². The molecule has 104 valence electrons. The minimum absolute atomic E-state index is 0.0988. The quantitative estimate of drug-likeness (QED) is 0.868. The smallest absolute Gasteiger partial charge is 0.138 e. The van der Waals surface area contributed by atoms with Gasteiger partial charge in [0.05, 0.1) is 6.04 Å². The molecule has 0 saturated carbocycles. The molecule has 1 atom stereocenters. The van der Waals surface area contributed by atoms with Crippen molar-refractivity contribution in [3.8, 4) is 0 Å². The third kappa shape index (κ3) is 2.69. The Morgan fingerprint density at radius 2 is 1.84 bits per heavy atom. The molecule has 1 unspecified atom stereocenters. The number of furan rings is 1. The van der Waals surface area contributed by atoms with Crippen molar-refractivity contribution in [3.05, 3.63) is 35.6 Å². The molecule has 0 radical (unpaired) electrons. The Bertz CT molecular complexity index is 560. The summed E-state index contributed by atoms with van der Waals surface area (Å²) in [6.07, 6.45) is 0. The lowest BCUT2D eigenvalue weighted by atomic mass is 9.86. The van der Waals surface area contributed by atoms with Crippen molar-refractivity contribution < 1.29 is 4.42 Å². The number of hydrogen-bond acceptors (Lipinski definition) is 2. The van der Waals surface area contributed by atoms with E-state index < -0.39 is 0 Å². The second-order valence-electron chi connectivity index (χ2n) is 6.63. The third-order valence-electron chi connectivity index (χ3n) is 3.66. The van der Waals surface area contributed by atoms with Crippen LogP contribution in [0.5, 0.6) is 0 Å². The monoisotopic (exact) mass is 259 g/mol. The first-order valence-corrected chi connectivity index (χ1v) is 7.04. The molecule has 0 amide bonds. The van der Waals surface area contributed by atoms with Crippen LogP contribution >= 0.6 is 0 Å². The van der Waals surface area contributed by atoms with E-state index >= 15 is 0 Å². The first-order valence-electron chi connectivity index (χ1n) is 7.04. The predicted octanol–water partition coefficient (Wildman–Crippen LogP) is 4.65. The van der Waals surface area contributed by atoms with E-state index in [0.29, 0.717) is 5.92 Å². The maximum Gasteiger partial charge on any atom is 0.138 e. The average molecular weight is 259 g/mol. The van der Waals surface area contributed by atoms with Crippen molar-refractivity contribution in [3.63, 3.8) is 0 Å². The van der Waals surface area contributed by atoms with Gasteiger partial charge in [0.15, 0.2) is 0 Å². The summed E-state index contributed by atoms with van der Waals surface area (Å²) in [5.74, 6) is 1.54. The van der Waals surface area contributed by atoms with Crippen LogP contribution in [0.3, 0.4) is 0 Å². The number of para-hydroxylation sites is 1. The van der Waals surface area contributed by atoms with Gasteiger partial charge < -0.3 is 9.73 Å². The Kier molecular flexibility index (Phi) is 3.73. The van der Waals surface area contributed by atoms with E-state index in [1.807, 2.05) is 7.05 Å². The van der Waals surface area contributed by atoms with Crippen LogP contribution in [0.4, 0.5) is 0 Å². The summed E-state index contributed by atoms with van der Waals surface area (Å²) in [4.78, 5) is 0. The van der Waals surface area contributed by atoms with Crippen molar-refractivity contribution in [2.24, 2.45) is 5.92 Å². The number of fused-ring (bicyclic) bond motifs is 1. The summed E-state index contributed by atoms with van der Waals surface area (Å²) in [7, 11) is 1.99. The lowest BCUT2D eigenvalue weighted by Crippen LogP contribution is -2.20. The van der Waals surface area contributed by atoms with Gasteiger partial charge in [-0.05, 0) is 24.4 Å². The van der Waals surface area contributed by atoms with Crippen LogP contribution in [-0.4, -0.2) is 7.05 Å². The minimum atomic E-state index is 0.0988. The normalized spacial score (nSPS) is 14.3. The molecule has 19 heavy (non-hydrogen) atoms. The Morgan fingerprint density at radius 3 is 2.37 bits per heavy atom. The van der Waals surface area contributed by atoms with Gasteiger partial charge in [-0.25, -0.2) is 0 Å². The topological polar surface area (TPSA) is 25.2 Å². The van der Waals surface area contributed by atoms with Crippen LogP contribution in [0, 0.1) is 5.92 Å². The van der Waals surface area contributed by atoms with E-state index in [1.54, 1.807) is 0 Å². The van der Waals surface area contributed by atoms with Crippen LogP contribution in [-0.2, 0) is 5.41 Å². The molecule has 1 heterocycles. The van der Waals surface area contributed by atoms with Crippen LogP contribution in [0.1, 0.15) is 52.0 Å². The number of nitrogens with one attached hydrogen (secondary N) is 1. The highest BCUT2D eigenvalue weighted by Gasteiger charge is 2.22. The van der Waals surface area contributed by atoms with Crippen molar-refractivity contribution in [2.75, 3.05) is 7.05 Å². The van der Waals surface area contributed by atoms with Gasteiger partial charge in [0.1, 0.15) is 11.3 Å². The Hall–Kier alpha value is -1.28. The van der Waals surface area contributed by atoms with Gasteiger partial charge in [0, 0.05) is 10.9 Å². The first kappa shape index (κ1) is 14.1. The molecule has 2 heteroatoms. The minimum Gasteiger partial charge on any atom is -0.459 e. The van der Waals surface area contributed by atoms with Gasteiger partial charge in [-0.3, -0.25) is 0 Å². The third-order valence-corrected chi connectivity index (χ3v) is 3.66. The predicted molar refractivity (Wildman–Crippen MR) is 81.6 cm³/mol. The van der Waals surface area contributed by atoms with Crippen LogP contribution < -0.4 is 5.32 Å². The lowest BCUT2D eigenvalue weighted by Gasteiger charge is -2.19. The summed E-state index contributed by atoms with van der Waals surface area (Å²) in [6, 6.07) is 8.85. The molecule has 1 aromatic heterocycles. The van der Waals surface area contributed by atoms with Gasteiger partial charge >= 0.3 is 0 Å². The molecule has 0 spiro atoms. The van der Waals surface area contributed by atoms with Gasteiger partial charge in [0.25, 0.3) is 0 Å². The molecular formula is C17H25NO. The van der Waals surface area contributed by atoms with E-state index in [4.69, 9.17) is 4.42 Å². The molecule has 2 nitrogen and oxygen atoms in total. The molecule has 1 aromatic carbocycles. The second-order valence-corrected chi connectivity index (χ2v) is 6.63. The Labute approximate surface area is 116 Å². The molecule has 1 N–H and O–H groups in total. The van der Waals surface area contributed by atoms with E-state index in [2.05, 4.69) is 64.2 Å². The summed E-state index contributed by atoms with van der Waals surface area (Å²) in [5.41, 5.74) is 2.41. The standard InChI is InChI=1S/C17H25NO/c1-11(2)15(18-6)14-10-12-8-7-9-13(16(12)19-14)17(3,4)5/h7-11,15,18H,1-6H3. The van der Waals surface area contributed by atoms with Gasteiger partial charge in [-0.1, -0.05) is 52.8 Å². The fraction of sp³-hybridized carbons (Fsp3) is 0.529. The van der Waals surface area contributed by atoms with Crippen LogP contribution in [0.25, 0.3) is 11.0 Å². The molecule has 0 saturated heterocycles. The second kappa shape index (κ2) is 5.01. The van der Waals surface area contributed by atoms with Crippen molar-refractivity contribution >= 4 is 11.0 Å². The fourth-order valence-corrected chi connectivity index (χ4v) is 2.63. The maximum absolute atomic E-state index is 6.18. The van der Waals surface area contributed by atoms with E-state index in [9.17, 15) is 0 Å². The zero-order valence-corrected chi connectivity index (χ0v) is 12.9. The molecule has 0 aliphatic carbocycles. The van der Waals surface area contributed by atoms with Gasteiger partial charge in [-0.15, -0.1) is 0 Å². The molecule has 2 aromatic rings. The summed E-state index contributed by atoms with van der Waals surface area (Å²) in [5, 5.41) is 4.54. The summed E-state index contributed by atoms with van der Waals surface area (Å²) in [6.45, 7) is 11.1.